The Morgan fingerprint density at radius 1 is 0.926 bits per heavy atom. The number of hydrogen-bond donors (Lipinski definition) is 0. The van der Waals surface area contributed by atoms with Gasteiger partial charge < -0.3 is 0 Å². The highest BCUT2D eigenvalue weighted by Gasteiger charge is 2.22. The lowest BCUT2D eigenvalue weighted by Crippen LogP contribution is -2.06. The van der Waals surface area contributed by atoms with Crippen LogP contribution in [0.15, 0.2) is 30.3 Å². The first-order valence-electron chi connectivity index (χ1n) is 10.7. The van der Waals surface area contributed by atoms with Gasteiger partial charge in [-0.2, -0.15) is 5.10 Å². The first-order chi connectivity index (χ1) is 13.3. The van der Waals surface area contributed by atoms with Crippen molar-refractivity contribution >= 4 is 11.0 Å². The van der Waals surface area contributed by atoms with Crippen LogP contribution in [0.2, 0.25) is 0 Å². The first kappa shape index (κ1) is 18.2. The van der Waals surface area contributed by atoms with Crippen LogP contribution >= 0.6 is 0 Å². The second-order valence-corrected chi connectivity index (χ2v) is 7.92. The number of fused-ring (bicyclic) bond motifs is 3. The number of nitrogens with zero attached hydrogens (tertiary/aromatic N) is 3. The van der Waals surface area contributed by atoms with E-state index in [1.165, 1.54) is 68.9 Å². The zero-order valence-electron chi connectivity index (χ0n) is 16.8. The molecule has 0 unspecified atom stereocenters. The van der Waals surface area contributed by atoms with Crippen LogP contribution in [0.25, 0.3) is 16.7 Å². The summed E-state index contributed by atoms with van der Waals surface area (Å²) in [6.45, 7) is 4.42. The Balaban J connectivity index is 1.85. The van der Waals surface area contributed by atoms with E-state index in [0.717, 1.165) is 23.4 Å². The molecular formula is C24H31N3. The van der Waals surface area contributed by atoms with E-state index in [1.807, 2.05) is 0 Å². The van der Waals surface area contributed by atoms with E-state index in [1.54, 1.807) is 11.1 Å². The Labute approximate surface area is 162 Å². The smallest absolute Gasteiger partial charge is 0.163 e. The summed E-state index contributed by atoms with van der Waals surface area (Å²) in [5.74, 6) is 0. The maximum Gasteiger partial charge on any atom is 0.163 e. The fourth-order valence-electron chi connectivity index (χ4n) is 4.52. The molecule has 0 atom stereocenters. The number of para-hydroxylation sites is 1. The summed E-state index contributed by atoms with van der Waals surface area (Å²) in [6.07, 6.45) is 12.6. The molecule has 142 valence electrons. The first-order valence-corrected chi connectivity index (χ1v) is 10.7. The highest BCUT2D eigenvalue weighted by molar-refractivity contribution is 5.85. The summed E-state index contributed by atoms with van der Waals surface area (Å²) in [6, 6.07) is 10.5. The van der Waals surface area contributed by atoms with Gasteiger partial charge in [-0.25, -0.2) is 9.67 Å². The van der Waals surface area contributed by atoms with Crippen molar-refractivity contribution in [3.63, 3.8) is 0 Å². The topological polar surface area (TPSA) is 30.7 Å². The van der Waals surface area contributed by atoms with Gasteiger partial charge in [0.15, 0.2) is 5.65 Å². The van der Waals surface area contributed by atoms with Crippen LogP contribution in [0.1, 0.15) is 74.4 Å². The summed E-state index contributed by atoms with van der Waals surface area (Å²) in [7, 11) is 0. The molecule has 2 heterocycles. The van der Waals surface area contributed by atoms with Gasteiger partial charge in [-0.3, -0.25) is 0 Å². The third-order valence-electron chi connectivity index (χ3n) is 5.91. The van der Waals surface area contributed by atoms with Crippen molar-refractivity contribution in [2.24, 2.45) is 0 Å². The molecule has 0 aliphatic heterocycles. The van der Waals surface area contributed by atoms with Crippen molar-refractivity contribution in [2.75, 3.05) is 0 Å². The number of pyridine rings is 1. The molecule has 0 saturated carbocycles. The average Bonchev–Trinajstić information content (AvgIpc) is 2.87. The number of benzene rings is 1. The minimum Gasteiger partial charge on any atom is -0.233 e. The van der Waals surface area contributed by atoms with E-state index in [4.69, 9.17) is 10.1 Å². The number of aromatic nitrogens is 3. The SMILES string of the molecule is CCCCCCc1nc2c(c(C)nn2-c2ccccc2)c2c1CCCCC2. The minimum atomic E-state index is 1.06. The molecule has 1 aliphatic carbocycles. The molecule has 0 saturated heterocycles. The van der Waals surface area contributed by atoms with Gasteiger partial charge in [0.05, 0.1) is 11.4 Å². The molecule has 1 aromatic carbocycles. The molecule has 3 nitrogen and oxygen atoms in total. The van der Waals surface area contributed by atoms with Gasteiger partial charge in [0, 0.05) is 11.1 Å². The summed E-state index contributed by atoms with van der Waals surface area (Å²) in [5, 5.41) is 6.22. The van der Waals surface area contributed by atoms with E-state index in [-0.39, 0.29) is 0 Å². The highest BCUT2D eigenvalue weighted by Crippen LogP contribution is 2.33. The van der Waals surface area contributed by atoms with Crippen LogP contribution in [0.3, 0.4) is 0 Å². The Kier molecular flexibility index (Phi) is 5.56. The molecule has 3 aromatic rings. The van der Waals surface area contributed by atoms with Crippen molar-refractivity contribution in [1.82, 2.24) is 14.8 Å². The molecule has 0 N–H and O–H groups in total. The Bertz CT molecular complexity index is 909. The molecule has 0 spiro atoms. The van der Waals surface area contributed by atoms with Gasteiger partial charge in [0.1, 0.15) is 0 Å². The van der Waals surface area contributed by atoms with Crippen LogP contribution in [0.5, 0.6) is 0 Å². The maximum absolute atomic E-state index is 5.23. The lowest BCUT2D eigenvalue weighted by molar-refractivity contribution is 0.655. The van der Waals surface area contributed by atoms with Crippen LogP contribution < -0.4 is 0 Å². The molecule has 2 aromatic heterocycles. The van der Waals surface area contributed by atoms with Crippen molar-refractivity contribution in [2.45, 2.75) is 78.1 Å². The van der Waals surface area contributed by atoms with Gasteiger partial charge in [-0.1, -0.05) is 50.8 Å². The molecule has 0 amide bonds. The van der Waals surface area contributed by atoms with Crippen molar-refractivity contribution in [3.8, 4) is 5.69 Å². The monoisotopic (exact) mass is 361 g/mol. The number of aryl methyl sites for hydroxylation is 3. The predicted octanol–water partition coefficient (Wildman–Crippen LogP) is 6.12. The van der Waals surface area contributed by atoms with E-state index >= 15 is 0 Å². The molecule has 0 radical (unpaired) electrons. The molecule has 0 bridgehead atoms. The van der Waals surface area contributed by atoms with Crippen LogP contribution in [-0.4, -0.2) is 14.8 Å². The lowest BCUT2D eigenvalue weighted by atomic mass is 9.95. The summed E-state index contributed by atoms with van der Waals surface area (Å²) in [5.41, 5.74) is 7.72. The molecule has 3 heteroatoms. The average molecular weight is 362 g/mol. The third-order valence-corrected chi connectivity index (χ3v) is 5.91. The largest absolute Gasteiger partial charge is 0.233 e. The predicted molar refractivity (Wildman–Crippen MR) is 113 cm³/mol. The Morgan fingerprint density at radius 3 is 2.48 bits per heavy atom. The quantitative estimate of drug-likeness (QED) is 0.391. The fourth-order valence-corrected chi connectivity index (χ4v) is 4.52. The number of hydrogen-bond acceptors (Lipinski definition) is 2. The van der Waals surface area contributed by atoms with E-state index in [0.29, 0.717) is 0 Å². The Hall–Kier alpha value is -2.16. The molecular weight excluding hydrogens is 330 g/mol. The zero-order chi connectivity index (χ0) is 18.6. The van der Waals surface area contributed by atoms with Crippen LogP contribution in [0.4, 0.5) is 0 Å². The highest BCUT2D eigenvalue weighted by atomic mass is 15.3. The van der Waals surface area contributed by atoms with Gasteiger partial charge in [-0.15, -0.1) is 0 Å². The summed E-state index contributed by atoms with van der Waals surface area (Å²) >= 11 is 0. The fraction of sp³-hybridized carbons (Fsp3) is 0.500. The van der Waals surface area contributed by atoms with Gasteiger partial charge >= 0.3 is 0 Å². The molecule has 4 rings (SSSR count). The van der Waals surface area contributed by atoms with Gasteiger partial charge in [0.2, 0.25) is 0 Å². The molecule has 27 heavy (non-hydrogen) atoms. The van der Waals surface area contributed by atoms with Gasteiger partial charge in [0.25, 0.3) is 0 Å². The maximum atomic E-state index is 5.23. The minimum absolute atomic E-state index is 1.06. The lowest BCUT2D eigenvalue weighted by Gasteiger charge is -2.14. The van der Waals surface area contributed by atoms with Crippen molar-refractivity contribution < 1.29 is 0 Å². The Morgan fingerprint density at radius 2 is 1.70 bits per heavy atom. The number of unbranched alkanes of at least 4 members (excludes halogenated alkanes) is 3. The summed E-state index contributed by atoms with van der Waals surface area (Å²) in [4.78, 5) is 5.23. The zero-order valence-corrected chi connectivity index (χ0v) is 16.8. The van der Waals surface area contributed by atoms with Crippen LogP contribution in [-0.2, 0) is 19.3 Å². The molecule has 1 aliphatic rings. The third kappa shape index (κ3) is 3.65. The normalized spacial score (nSPS) is 14.3. The number of rotatable bonds is 6. The van der Waals surface area contributed by atoms with E-state index < -0.39 is 0 Å². The second-order valence-electron chi connectivity index (χ2n) is 7.92. The van der Waals surface area contributed by atoms with E-state index in [2.05, 4.69) is 48.9 Å². The van der Waals surface area contributed by atoms with Crippen LogP contribution in [0, 0.1) is 6.92 Å². The standard InChI is InChI=1S/C24H31N3/c1-3-4-5-12-17-22-20-15-10-7-11-16-21(20)23-18(2)26-27(24(23)25-22)19-13-8-6-9-14-19/h6,8-9,13-14H,3-5,7,10-12,15-17H2,1-2H3. The second kappa shape index (κ2) is 8.24. The van der Waals surface area contributed by atoms with Crippen molar-refractivity contribution in [3.05, 3.63) is 52.8 Å². The van der Waals surface area contributed by atoms with Gasteiger partial charge in [-0.05, 0) is 68.7 Å². The van der Waals surface area contributed by atoms with E-state index in [9.17, 15) is 0 Å². The summed E-state index contributed by atoms with van der Waals surface area (Å²) < 4.78 is 2.06. The molecule has 0 fully saturated rings. The van der Waals surface area contributed by atoms with Crippen molar-refractivity contribution in [1.29, 1.82) is 0 Å².